The van der Waals surface area contributed by atoms with Crippen LogP contribution in [0.3, 0.4) is 0 Å². The maximum absolute atomic E-state index is 13.7. The first-order valence-corrected chi connectivity index (χ1v) is 9.48. The zero-order valence-corrected chi connectivity index (χ0v) is 16.2. The fourth-order valence-electron chi connectivity index (χ4n) is 3.69. The predicted molar refractivity (Wildman–Crippen MR) is 102 cm³/mol. The summed E-state index contributed by atoms with van der Waals surface area (Å²) in [4.78, 5) is 26.2. The summed E-state index contributed by atoms with van der Waals surface area (Å²) in [6, 6.07) is 3.40. The molecule has 154 valence electrons. The van der Waals surface area contributed by atoms with Gasteiger partial charge in [0.15, 0.2) is 0 Å². The van der Waals surface area contributed by atoms with E-state index in [1.165, 1.54) is 6.07 Å². The second-order valence-electron chi connectivity index (χ2n) is 7.16. The van der Waals surface area contributed by atoms with Crippen LogP contribution in [0.15, 0.2) is 18.5 Å². The highest BCUT2D eigenvalue weighted by atomic mass is 35.5. The molecule has 2 aromatic rings. The van der Waals surface area contributed by atoms with Gasteiger partial charge in [0.25, 0.3) is 0 Å². The van der Waals surface area contributed by atoms with Crippen LogP contribution < -0.4 is 15.5 Å². The summed E-state index contributed by atoms with van der Waals surface area (Å²) in [6.45, 7) is 4.18. The SMILES string of the molecule is C[C@H]1CN(c2cc(Cl)cc(-c3ncnc4c3[C@@H](C(F)(F)F)CC(=O)N4)n2)CCN1. The summed E-state index contributed by atoms with van der Waals surface area (Å²) in [5.41, 5.74) is 0.0426. The molecular formula is C18H18ClF3N6O. The molecule has 0 bridgehead atoms. The van der Waals surface area contributed by atoms with Crippen LogP contribution in [-0.4, -0.2) is 52.7 Å². The molecule has 2 aliphatic rings. The Kier molecular flexibility index (Phi) is 5.07. The normalized spacial score (nSPS) is 22.2. The van der Waals surface area contributed by atoms with Crippen molar-refractivity contribution >= 4 is 29.1 Å². The van der Waals surface area contributed by atoms with Crippen LogP contribution in [0.1, 0.15) is 24.8 Å². The van der Waals surface area contributed by atoms with Gasteiger partial charge in [-0.15, -0.1) is 0 Å². The lowest BCUT2D eigenvalue weighted by molar-refractivity contribution is -0.156. The van der Waals surface area contributed by atoms with E-state index in [1.807, 2.05) is 11.8 Å². The van der Waals surface area contributed by atoms with E-state index in [-0.39, 0.29) is 28.8 Å². The lowest BCUT2D eigenvalue weighted by atomic mass is 9.89. The molecule has 0 saturated carbocycles. The minimum absolute atomic E-state index is 0.0178. The van der Waals surface area contributed by atoms with Gasteiger partial charge in [0.1, 0.15) is 18.0 Å². The van der Waals surface area contributed by atoms with Crippen LogP contribution in [0, 0.1) is 0 Å². The molecule has 1 saturated heterocycles. The number of fused-ring (bicyclic) bond motifs is 1. The van der Waals surface area contributed by atoms with E-state index in [0.717, 1.165) is 12.9 Å². The number of alkyl halides is 3. The molecule has 29 heavy (non-hydrogen) atoms. The highest BCUT2D eigenvalue weighted by molar-refractivity contribution is 6.31. The number of hydrogen-bond donors (Lipinski definition) is 2. The lowest BCUT2D eigenvalue weighted by Gasteiger charge is -2.33. The third kappa shape index (κ3) is 3.99. The first-order chi connectivity index (χ1) is 13.7. The van der Waals surface area contributed by atoms with Crippen molar-refractivity contribution in [1.29, 1.82) is 0 Å². The number of amides is 1. The summed E-state index contributed by atoms with van der Waals surface area (Å²) < 4.78 is 41.1. The second kappa shape index (κ2) is 7.42. The molecule has 1 amide bonds. The Labute approximate surface area is 169 Å². The highest BCUT2D eigenvalue weighted by Gasteiger charge is 2.47. The van der Waals surface area contributed by atoms with Gasteiger partial charge < -0.3 is 15.5 Å². The molecule has 0 aliphatic carbocycles. The Balaban J connectivity index is 1.82. The summed E-state index contributed by atoms with van der Waals surface area (Å²) in [5.74, 6) is -2.32. The van der Waals surface area contributed by atoms with Crippen molar-refractivity contribution in [2.75, 3.05) is 29.9 Å². The average molecular weight is 427 g/mol. The van der Waals surface area contributed by atoms with Crippen molar-refractivity contribution in [1.82, 2.24) is 20.3 Å². The molecule has 2 N–H and O–H groups in total. The minimum atomic E-state index is -4.62. The zero-order valence-electron chi connectivity index (χ0n) is 15.4. The van der Waals surface area contributed by atoms with E-state index in [9.17, 15) is 18.0 Å². The molecule has 2 atom stereocenters. The van der Waals surface area contributed by atoms with Gasteiger partial charge >= 0.3 is 6.18 Å². The van der Waals surface area contributed by atoms with Gasteiger partial charge in [0, 0.05) is 42.7 Å². The van der Waals surface area contributed by atoms with E-state index in [4.69, 9.17) is 11.6 Å². The molecule has 0 aromatic carbocycles. The fraction of sp³-hybridized carbons (Fsp3) is 0.444. The first-order valence-electron chi connectivity index (χ1n) is 9.10. The van der Waals surface area contributed by atoms with Gasteiger partial charge in [-0.25, -0.2) is 15.0 Å². The van der Waals surface area contributed by atoms with Gasteiger partial charge in [-0.1, -0.05) is 11.6 Å². The molecule has 1 fully saturated rings. The van der Waals surface area contributed by atoms with E-state index >= 15 is 0 Å². The number of nitrogens with one attached hydrogen (secondary N) is 2. The summed E-state index contributed by atoms with van der Waals surface area (Å²) in [5, 5.41) is 6.06. The summed E-state index contributed by atoms with van der Waals surface area (Å²) >= 11 is 6.27. The Morgan fingerprint density at radius 1 is 1.28 bits per heavy atom. The van der Waals surface area contributed by atoms with E-state index in [2.05, 4.69) is 25.6 Å². The van der Waals surface area contributed by atoms with Crippen LogP contribution in [0.25, 0.3) is 11.4 Å². The third-order valence-electron chi connectivity index (χ3n) is 4.99. The number of pyridine rings is 1. The molecule has 11 heteroatoms. The van der Waals surface area contributed by atoms with Crippen molar-refractivity contribution in [3.8, 4) is 11.4 Å². The van der Waals surface area contributed by atoms with Crippen molar-refractivity contribution in [3.05, 3.63) is 29.0 Å². The molecule has 0 unspecified atom stereocenters. The number of rotatable bonds is 2. The Morgan fingerprint density at radius 2 is 2.07 bits per heavy atom. The predicted octanol–water partition coefficient (Wildman–Crippen LogP) is 2.98. The van der Waals surface area contributed by atoms with Gasteiger partial charge in [0.2, 0.25) is 5.91 Å². The number of halogens is 4. The molecule has 2 aromatic heterocycles. The maximum Gasteiger partial charge on any atom is 0.396 e. The number of piperazine rings is 1. The van der Waals surface area contributed by atoms with Gasteiger partial charge in [0.05, 0.1) is 17.3 Å². The topological polar surface area (TPSA) is 83.0 Å². The Morgan fingerprint density at radius 3 is 2.79 bits per heavy atom. The lowest BCUT2D eigenvalue weighted by Crippen LogP contribution is -2.49. The smallest absolute Gasteiger partial charge is 0.354 e. The van der Waals surface area contributed by atoms with Crippen LogP contribution in [0.2, 0.25) is 5.02 Å². The third-order valence-corrected chi connectivity index (χ3v) is 5.21. The monoisotopic (exact) mass is 426 g/mol. The number of nitrogens with zero attached hydrogens (tertiary/aromatic N) is 4. The molecule has 7 nitrogen and oxygen atoms in total. The number of hydrogen-bond acceptors (Lipinski definition) is 6. The largest absolute Gasteiger partial charge is 0.396 e. The van der Waals surface area contributed by atoms with Crippen molar-refractivity contribution in [2.45, 2.75) is 31.5 Å². The minimum Gasteiger partial charge on any atom is -0.354 e. The van der Waals surface area contributed by atoms with Crippen molar-refractivity contribution in [3.63, 3.8) is 0 Å². The number of carbonyl (C=O) groups is 1. The average Bonchev–Trinajstić information content (AvgIpc) is 2.65. The zero-order chi connectivity index (χ0) is 20.8. The van der Waals surface area contributed by atoms with Gasteiger partial charge in [-0.2, -0.15) is 13.2 Å². The fourth-order valence-corrected chi connectivity index (χ4v) is 3.89. The second-order valence-corrected chi connectivity index (χ2v) is 7.60. The van der Waals surface area contributed by atoms with Crippen LogP contribution >= 0.6 is 11.6 Å². The van der Waals surface area contributed by atoms with E-state index < -0.39 is 24.4 Å². The first kappa shape index (κ1) is 19.8. The maximum atomic E-state index is 13.7. The number of aromatic nitrogens is 3. The molecule has 2 aliphatic heterocycles. The molecule has 0 radical (unpaired) electrons. The molecule has 4 heterocycles. The number of carbonyl (C=O) groups excluding carboxylic acids is 1. The van der Waals surface area contributed by atoms with Crippen LogP contribution in [0.4, 0.5) is 24.8 Å². The van der Waals surface area contributed by atoms with Crippen LogP contribution in [-0.2, 0) is 4.79 Å². The van der Waals surface area contributed by atoms with Gasteiger partial charge in [-0.3, -0.25) is 4.79 Å². The Bertz CT molecular complexity index is 954. The van der Waals surface area contributed by atoms with Crippen molar-refractivity contribution < 1.29 is 18.0 Å². The molecular weight excluding hydrogens is 409 g/mol. The number of anilines is 2. The standard InChI is InChI=1S/C18H18ClF3N6O/c1-9-7-28(3-2-23-9)13-5-10(19)4-12(26-13)16-15-11(18(20,21)22)6-14(29)27-17(15)25-8-24-16/h4-5,8-9,11,23H,2-3,6-7H2,1H3,(H,24,25,27,29)/t9-,11-/m0/s1. The van der Waals surface area contributed by atoms with Gasteiger partial charge in [-0.05, 0) is 19.1 Å². The van der Waals surface area contributed by atoms with E-state index in [1.54, 1.807) is 6.07 Å². The molecule has 4 rings (SSSR count). The highest BCUT2D eigenvalue weighted by Crippen LogP contribution is 2.46. The quantitative estimate of drug-likeness (QED) is 0.768. The van der Waals surface area contributed by atoms with Crippen LogP contribution in [0.5, 0.6) is 0 Å². The Hall–Kier alpha value is -2.46. The summed E-state index contributed by atoms with van der Waals surface area (Å²) in [6.07, 6.45) is -4.23. The van der Waals surface area contributed by atoms with Crippen molar-refractivity contribution in [2.24, 2.45) is 0 Å². The van der Waals surface area contributed by atoms with E-state index in [0.29, 0.717) is 23.9 Å². The molecule has 0 spiro atoms. The summed E-state index contributed by atoms with van der Waals surface area (Å²) in [7, 11) is 0.